The van der Waals surface area contributed by atoms with Crippen LogP contribution in [0.5, 0.6) is 0 Å². The van der Waals surface area contributed by atoms with Crippen LogP contribution in [0.4, 0.5) is 0 Å². The smallest absolute Gasteiger partial charge is 0.0586 e. The summed E-state index contributed by atoms with van der Waals surface area (Å²) in [7, 11) is -0.509. The zero-order valence-electron chi connectivity index (χ0n) is 13.3. The number of hydrogen-bond donors (Lipinski definition) is 0. The maximum atomic E-state index is 3.67. The third-order valence-electron chi connectivity index (χ3n) is 3.22. The number of halogens is 1. The van der Waals surface area contributed by atoms with Crippen molar-refractivity contribution in [2.45, 2.75) is 57.8 Å². The predicted octanol–water partition coefficient (Wildman–Crippen LogP) is 3.15. The molecular formula is C17H34BrP. The Morgan fingerprint density at radius 3 is 1.74 bits per heavy atom. The molecule has 0 unspecified atom stereocenters. The first-order valence-corrected chi connectivity index (χ1v) is 11.0. The molecule has 0 N–H and O–H groups in total. The minimum Gasteiger partial charge on any atom is -1.00 e. The molecule has 0 aliphatic rings. The first kappa shape index (κ1) is 21.7. The van der Waals surface area contributed by atoms with Crippen molar-refractivity contribution >= 4 is 7.26 Å². The van der Waals surface area contributed by atoms with Gasteiger partial charge < -0.3 is 17.0 Å². The lowest BCUT2D eigenvalue weighted by molar-refractivity contribution is -0.00000419. The SMILES string of the molecule is C=C/C=C/CCCCCCCCCC[P+](C)(C)C.[Br-]. The number of rotatable bonds is 12. The molecule has 19 heavy (non-hydrogen) atoms. The Balaban J connectivity index is 0. The van der Waals surface area contributed by atoms with Crippen LogP contribution >= 0.6 is 7.26 Å². The Kier molecular flexibility index (Phi) is 16.9. The van der Waals surface area contributed by atoms with Crippen LogP contribution in [0.15, 0.2) is 24.8 Å². The molecule has 0 rings (SSSR count). The first-order valence-electron chi connectivity index (χ1n) is 7.64. The molecule has 0 aromatic rings. The van der Waals surface area contributed by atoms with E-state index in [1.165, 1.54) is 63.9 Å². The van der Waals surface area contributed by atoms with Gasteiger partial charge in [-0.15, -0.1) is 0 Å². The van der Waals surface area contributed by atoms with E-state index in [2.05, 4.69) is 38.7 Å². The maximum absolute atomic E-state index is 3.67. The van der Waals surface area contributed by atoms with Crippen molar-refractivity contribution in [3.8, 4) is 0 Å². The second kappa shape index (κ2) is 14.8. The molecule has 0 fully saturated rings. The van der Waals surface area contributed by atoms with Crippen LogP contribution in [-0.4, -0.2) is 26.2 Å². The Morgan fingerprint density at radius 2 is 1.26 bits per heavy atom. The van der Waals surface area contributed by atoms with Gasteiger partial charge in [0.15, 0.2) is 0 Å². The van der Waals surface area contributed by atoms with Crippen LogP contribution in [0, 0.1) is 0 Å². The summed E-state index contributed by atoms with van der Waals surface area (Å²) >= 11 is 0. The van der Waals surface area contributed by atoms with Crippen LogP contribution in [-0.2, 0) is 0 Å². The molecule has 0 atom stereocenters. The highest BCUT2D eigenvalue weighted by molar-refractivity contribution is 7.73. The van der Waals surface area contributed by atoms with Crippen molar-refractivity contribution in [3.63, 3.8) is 0 Å². The molecule has 0 amide bonds. The second-order valence-electron chi connectivity index (χ2n) is 6.29. The van der Waals surface area contributed by atoms with Crippen molar-refractivity contribution in [3.05, 3.63) is 24.8 Å². The van der Waals surface area contributed by atoms with Crippen LogP contribution in [0.2, 0.25) is 0 Å². The van der Waals surface area contributed by atoms with E-state index in [1.807, 2.05) is 6.08 Å². The van der Waals surface area contributed by atoms with E-state index >= 15 is 0 Å². The van der Waals surface area contributed by atoms with Gasteiger partial charge in [-0.3, -0.25) is 0 Å². The van der Waals surface area contributed by atoms with Gasteiger partial charge >= 0.3 is 0 Å². The fourth-order valence-corrected chi connectivity index (χ4v) is 3.27. The molecule has 0 saturated heterocycles. The molecule has 0 aromatic heterocycles. The molecule has 0 aliphatic heterocycles. The molecule has 0 nitrogen and oxygen atoms in total. The van der Waals surface area contributed by atoms with E-state index in [9.17, 15) is 0 Å². The fourth-order valence-electron chi connectivity index (χ4n) is 2.10. The van der Waals surface area contributed by atoms with E-state index < -0.39 is 7.26 Å². The van der Waals surface area contributed by atoms with Crippen molar-refractivity contribution in [2.24, 2.45) is 0 Å². The number of unbranched alkanes of at least 4 members (excludes halogenated alkanes) is 8. The molecular weight excluding hydrogens is 315 g/mol. The van der Waals surface area contributed by atoms with Crippen LogP contribution in [0.3, 0.4) is 0 Å². The van der Waals surface area contributed by atoms with Crippen molar-refractivity contribution < 1.29 is 17.0 Å². The number of allylic oxidation sites excluding steroid dienone is 3. The van der Waals surface area contributed by atoms with E-state index in [4.69, 9.17) is 0 Å². The van der Waals surface area contributed by atoms with Gasteiger partial charge in [0.2, 0.25) is 0 Å². The van der Waals surface area contributed by atoms with E-state index in [0.717, 1.165) is 0 Å². The Bertz CT molecular complexity index is 216. The van der Waals surface area contributed by atoms with Gasteiger partial charge in [-0.05, 0) is 25.7 Å². The standard InChI is InChI=1S/C17H34P.BrH/c1-5-6-7-8-9-10-11-12-13-14-15-16-17-18(2,3)4;/h5-7H,1,8-17H2,2-4H3;1H/q+1;/p-1/b7-6+;. The summed E-state index contributed by atoms with van der Waals surface area (Å²) < 4.78 is 0. The highest BCUT2D eigenvalue weighted by atomic mass is 79.9. The van der Waals surface area contributed by atoms with Crippen LogP contribution in [0.1, 0.15) is 57.8 Å². The molecule has 0 bridgehead atoms. The molecule has 0 radical (unpaired) electrons. The van der Waals surface area contributed by atoms with Crippen LogP contribution in [0.25, 0.3) is 0 Å². The summed E-state index contributed by atoms with van der Waals surface area (Å²) in [6, 6.07) is 0. The largest absolute Gasteiger partial charge is 1.00 e. The van der Waals surface area contributed by atoms with Crippen LogP contribution < -0.4 is 17.0 Å². The van der Waals surface area contributed by atoms with E-state index in [1.54, 1.807) is 0 Å². The summed E-state index contributed by atoms with van der Waals surface area (Å²) in [5.41, 5.74) is 0. The topological polar surface area (TPSA) is 0 Å². The van der Waals surface area contributed by atoms with Gasteiger partial charge in [0.1, 0.15) is 0 Å². The molecule has 0 heterocycles. The van der Waals surface area contributed by atoms with Gasteiger partial charge in [0, 0.05) is 27.3 Å². The van der Waals surface area contributed by atoms with E-state index in [-0.39, 0.29) is 17.0 Å². The van der Waals surface area contributed by atoms with Gasteiger partial charge in [0.05, 0.1) is 6.16 Å². The molecule has 0 aromatic carbocycles. The quantitative estimate of drug-likeness (QED) is 0.288. The van der Waals surface area contributed by atoms with E-state index in [0.29, 0.717) is 0 Å². The van der Waals surface area contributed by atoms with Gasteiger partial charge in [-0.2, -0.15) is 0 Å². The summed E-state index contributed by atoms with van der Waals surface area (Å²) in [5.74, 6) is 0. The zero-order valence-corrected chi connectivity index (χ0v) is 15.8. The average molecular weight is 349 g/mol. The highest BCUT2D eigenvalue weighted by Gasteiger charge is 2.15. The van der Waals surface area contributed by atoms with Gasteiger partial charge in [0.25, 0.3) is 0 Å². The maximum Gasteiger partial charge on any atom is 0.0586 e. The number of hydrogen-bond acceptors (Lipinski definition) is 0. The zero-order chi connectivity index (χ0) is 13.7. The molecule has 114 valence electrons. The lowest BCUT2D eigenvalue weighted by atomic mass is 10.1. The third kappa shape index (κ3) is 20.9. The van der Waals surface area contributed by atoms with Gasteiger partial charge in [-0.25, -0.2) is 0 Å². The summed E-state index contributed by atoms with van der Waals surface area (Å²) in [6.45, 7) is 11.0. The molecule has 0 saturated carbocycles. The summed E-state index contributed by atoms with van der Waals surface area (Å²) in [6.07, 6.45) is 20.3. The summed E-state index contributed by atoms with van der Waals surface area (Å²) in [5, 5.41) is 0. The predicted molar refractivity (Wildman–Crippen MR) is 90.4 cm³/mol. The molecule has 0 spiro atoms. The fraction of sp³-hybridized carbons (Fsp3) is 0.765. The minimum absolute atomic E-state index is 0. The van der Waals surface area contributed by atoms with Crippen molar-refractivity contribution in [1.29, 1.82) is 0 Å². The lowest BCUT2D eigenvalue weighted by Crippen LogP contribution is -3.00. The Hall–Kier alpha value is 0.390. The average Bonchev–Trinajstić information content (AvgIpc) is 2.29. The monoisotopic (exact) mass is 348 g/mol. The lowest BCUT2D eigenvalue weighted by Gasteiger charge is -2.10. The molecule has 2 heteroatoms. The first-order chi connectivity index (χ1) is 8.56. The molecule has 0 aliphatic carbocycles. The van der Waals surface area contributed by atoms with Crippen molar-refractivity contribution in [2.75, 3.05) is 26.2 Å². The van der Waals surface area contributed by atoms with Gasteiger partial charge in [-0.1, -0.05) is 56.9 Å². The summed E-state index contributed by atoms with van der Waals surface area (Å²) in [4.78, 5) is 0. The minimum atomic E-state index is -0.509. The third-order valence-corrected chi connectivity index (χ3v) is 4.88. The highest BCUT2D eigenvalue weighted by Crippen LogP contribution is 2.47. The normalized spacial score (nSPS) is 11.5. The Morgan fingerprint density at radius 1 is 0.789 bits per heavy atom. The Labute approximate surface area is 133 Å². The second-order valence-corrected chi connectivity index (χ2v) is 11.3. The van der Waals surface area contributed by atoms with Crippen molar-refractivity contribution in [1.82, 2.24) is 0 Å².